The molecule has 0 radical (unpaired) electrons. The van der Waals surface area contributed by atoms with E-state index in [-0.39, 0.29) is 11.1 Å². The Morgan fingerprint density at radius 1 is 1.19 bits per heavy atom. The number of rotatable bonds is 0. The quantitative estimate of drug-likeness (QED) is 0.629. The molecule has 1 aromatic carbocycles. The summed E-state index contributed by atoms with van der Waals surface area (Å²) < 4.78 is 2.60. The minimum atomic E-state index is -0.262. The molecular formula is C11H8N2O2S. The number of H-pyrrole nitrogens is 1. The van der Waals surface area contributed by atoms with E-state index in [2.05, 4.69) is 4.98 Å². The van der Waals surface area contributed by atoms with Crippen molar-refractivity contribution < 1.29 is 0 Å². The molecule has 0 amide bonds. The van der Waals surface area contributed by atoms with Crippen LogP contribution in [-0.2, 0) is 7.05 Å². The van der Waals surface area contributed by atoms with Crippen LogP contribution in [0, 0.1) is 9.88 Å². The average molecular weight is 232 g/mol. The monoisotopic (exact) mass is 232 g/mol. The van der Waals surface area contributed by atoms with E-state index in [1.54, 1.807) is 0 Å². The van der Waals surface area contributed by atoms with E-state index in [0.717, 1.165) is 14.8 Å². The minimum Gasteiger partial charge on any atom is -0.349 e. The Labute approximate surface area is 93.4 Å². The molecule has 4 nitrogen and oxygen atoms in total. The van der Waals surface area contributed by atoms with Gasteiger partial charge >= 0.3 is 0 Å². The van der Waals surface area contributed by atoms with Crippen LogP contribution in [0.2, 0.25) is 0 Å². The van der Waals surface area contributed by atoms with Crippen LogP contribution in [0.1, 0.15) is 0 Å². The van der Waals surface area contributed by atoms with Crippen molar-refractivity contribution >= 4 is 21.6 Å². The molecule has 0 aliphatic carbocycles. The Bertz CT molecular complexity index is 787. The molecule has 80 valence electrons. The van der Waals surface area contributed by atoms with Crippen LogP contribution in [0.25, 0.3) is 10.2 Å². The highest BCUT2D eigenvalue weighted by Crippen LogP contribution is 2.15. The lowest BCUT2D eigenvalue weighted by Gasteiger charge is -1.94. The molecule has 5 heteroatoms. The van der Waals surface area contributed by atoms with Crippen LogP contribution in [0.5, 0.6) is 0 Å². The van der Waals surface area contributed by atoms with Gasteiger partial charge in [-0.05, 0) is 12.1 Å². The van der Waals surface area contributed by atoms with Gasteiger partial charge in [-0.3, -0.25) is 14.2 Å². The van der Waals surface area contributed by atoms with Crippen molar-refractivity contribution in [1.29, 1.82) is 0 Å². The van der Waals surface area contributed by atoms with Gasteiger partial charge in [0.1, 0.15) is 9.88 Å². The van der Waals surface area contributed by atoms with Crippen molar-refractivity contribution in [1.82, 2.24) is 9.55 Å². The molecule has 2 aliphatic heterocycles. The van der Waals surface area contributed by atoms with Crippen molar-refractivity contribution in [2.45, 2.75) is 0 Å². The maximum Gasteiger partial charge on any atom is 0.278 e. The lowest BCUT2D eigenvalue weighted by atomic mass is 10.3. The molecule has 2 heterocycles. The fourth-order valence-electron chi connectivity index (χ4n) is 1.72. The first kappa shape index (κ1) is 9.35. The number of aromatic nitrogens is 2. The maximum atomic E-state index is 11.7. The molecule has 3 rings (SSSR count). The number of para-hydroxylation sites is 1. The van der Waals surface area contributed by atoms with E-state index in [0.29, 0.717) is 9.88 Å². The fraction of sp³-hybridized carbons (Fsp3) is 0.0909. The van der Waals surface area contributed by atoms with E-state index in [4.69, 9.17) is 0 Å². The van der Waals surface area contributed by atoms with Crippen LogP contribution in [0.3, 0.4) is 0 Å². The Hall–Kier alpha value is -1.88. The minimum absolute atomic E-state index is 0.230. The second-order valence-electron chi connectivity index (χ2n) is 3.60. The molecule has 2 aliphatic rings. The first-order valence-electron chi connectivity index (χ1n) is 4.79. The van der Waals surface area contributed by atoms with Crippen LogP contribution < -0.4 is 11.1 Å². The number of hydrogen-bond acceptors (Lipinski definition) is 3. The summed E-state index contributed by atoms with van der Waals surface area (Å²) in [5.74, 6) is 0. The van der Waals surface area contributed by atoms with Crippen LogP contribution in [0.15, 0.2) is 33.9 Å². The van der Waals surface area contributed by atoms with Gasteiger partial charge in [0.15, 0.2) is 0 Å². The van der Waals surface area contributed by atoms with Gasteiger partial charge in [0.05, 0.1) is 10.2 Å². The lowest BCUT2D eigenvalue weighted by Crippen LogP contribution is -2.22. The molecule has 1 aromatic rings. The number of hydrogen-bond donors (Lipinski definition) is 1. The summed E-state index contributed by atoms with van der Waals surface area (Å²) in [5, 5.41) is 0.399. The molecule has 0 fully saturated rings. The van der Waals surface area contributed by atoms with E-state index in [9.17, 15) is 9.59 Å². The maximum absolute atomic E-state index is 11.7. The Morgan fingerprint density at radius 3 is 2.75 bits per heavy atom. The van der Waals surface area contributed by atoms with Crippen molar-refractivity contribution in [3.63, 3.8) is 0 Å². The molecular weight excluding hydrogens is 224 g/mol. The number of fused-ring (bicyclic) bond motifs is 1. The average Bonchev–Trinajstić information content (AvgIpc) is 2.52. The molecule has 0 spiro atoms. The summed E-state index contributed by atoms with van der Waals surface area (Å²) in [4.78, 5) is 26.5. The Morgan fingerprint density at radius 2 is 1.94 bits per heavy atom. The van der Waals surface area contributed by atoms with Gasteiger partial charge in [0, 0.05) is 7.05 Å². The first-order chi connectivity index (χ1) is 7.68. The molecule has 0 aromatic heterocycles. The van der Waals surface area contributed by atoms with Crippen molar-refractivity contribution in [2.75, 3.05) is 0 Å². The van der Waals surface area contributed by atoms with Gasteiger partial charge in [0.2, 0.25) is 0 Å². The Kier molecular flexibility index (Phi) is 1.79. The van der Waals surface area contributed by atoms with Gasteiger partial charge in [-0.1, -0.05) is 12.1 Å². The molecule has 0 saturated carbocycles. The van der Waals surface area contributed by atoms with Gasteiger partial charge in [-0.25, -0.2) is 0 Å². The third-order valence-corrected chi connectivity index (χ3v) is 3.76. The number of benzene rings is 1. The zero-order valence-corrected chi connectivity index (χ0v) is 9.30. The standard InChI is InChI=1S/C11H8N2O2S/c1-13-10(14)8-9(11(13)15)16-7-5-3-2-4-6(7)12-8/h2-5,12H,1H3. The second-order valence-corrected chi connectivity index (χ2v) is 4.65. The predicted molar refractivity (Wildman–Crippen MR) is 63.0 cm³/mol. The van der Waals surface area contributed by atoms with Crippen molar-refractivity contribution in [3.8, 4) is 0 Å². The van der Waals surface area contributed by atoms with Gasteiger partial charge in [0.25, 0.3) is 11.1 Å². The molecule has 1 N–H and O–H groups in total. The number of nitrogens with one attached hydrogen (secondary N) is 1. The normalized spacial score (nSPS) is 11.3. The van der Waals surface area contributed by atoms with Gasteiger partial charge in [-0.2, -0.15) is 0 Å². The molecule has 0 atom stereocenters. The zero-order chi connectivity index (χ0) is 11.3. The van der Waals surface area contributed by atoms with E-state index in [1.807, 2.05) is 24.3 Å². The molecule has 0 saturated heterocycles. The summed E-state index contributed by atoms with van der Waals surface area (Å²) in [7, 11) is 1.50. The topological polar surface area (TPSA) is 54.9 Å². The summed E-state index contributed by atoms with van der Waals surface area (Å²) in [6, 6.07) is 7.61. The van der Waals surface area contributed by atoms with E-state index in [1.165, 1.54) is 18.4 Å². The highest BCUT2D eigenvalue weighted by molar-refractivity contribution is 7.16. The zero-order valence-electron chi connectivity index (χ0n) is 8.48. The molecule has 0 bridgehead atoms. The third-order valence-electron chi connectivity index (χ3n) is 2.60. The lowest BCUT2D eigenvalue weighted by molar-refractivity contribution is 0.840. The van der Waals surface area contributed by atoms with Crippen LogP contribution in [-0.4, -0.2) is 9.55 Å². The van der Waals surface area contributed by atoms with Gasteiger partial charge < -0.3 is 4.98 Å². The molecule has 16 heavy (non-hydrogen) atoms. The van der Waals surface area contributed by atoms with Crippen LogP contribution in [0.4, 0.5) is 0 Å². The second kappa shape index (κ2) is 3.05. The fourth-order valence-corrected chi connectivity index (χ4v) is 2.78. The largest absolute Gasteiger partial charge is 0.349 e. The van der Waals surface area contributed by atoms with E-state index >= 15 is 0 Å². The SMILES string of the molecule is Cn1c(=O)c2[nH]c3ccccc3sc=2c1=O. The number of aromatic amines is 1. The summed E-state index contributed by atoms with van der Waals surface area (Å²) in [5.41, 5.74) is 0.386. The molecule has 0 unspecified atom stereocenters. The van der Waals surface area contributed by atoms with Gasteiger partial charge in [-0.15, -0.1) is 11.3 Å². The number of nitrogens with zero attached hydrogens (tertiary/aromatic N) is 1. The van der Waals surface area contributed by atoms with Crippen molar-refractivity contribution in [2.24, 2.45) is 7.05 Å². The summed E-state index contributed by atoms with van der Waals surface area (Å²) >= 11 is 1.35. The first-order valence-corrected chi connectivity index (χ1v) is 5.60. The van der Waals surface area contributed by atoms with E-state index < -0.39 is 0 Å². The highest BCUT2D eigenvalue weighted by atomic mass is 32.1. The van der Waals surface area contributed by atoms with Crippen LogP contribution >= 0.6 is 11.3 Å². The third kappa shape index (κ3) is 1.09. The highest BCUT2D eigenvalue weighted by Gasteiger charge is 2.08. The summed E-state index contributed by atoms with van der Waals surface area (Å²) in [6.07, 6.45) is 0. The predicted octanol–water partition coefficient (Wildman–Crippen LogP) is 1.01. The van der Waals surface area contributed by atoms with Crippen molar-refractivity contribution in [3.05, 3.63) is 54.9 Å². The smallest absolute Gasteiger partial charge is 0.278 e. The summed E-state index contributed by atoms with van der Waals surface area (Å²) in [6.45, 7) is 0. The Balaban J connectivity index is 2.74.